The first-order chi connectivity index (χ1) is 7.79. The quantitative estimate of drug-likeness (QED) is 0.683. The van der Waals surface area contributed by atoms with E-state index in [4.69, 9.17) is 9.47 Å². The molecule has 3 rings (SSSR count). The van der Waals surface area contributed by atoms with Gasteiger partial charge in [0.15, 0.2) is 0 Å². The molecule has 0 unspecified atom stereocenters. The number of aromatic nitrogens is 1. The number of nitrogens with one attached hydrogen (secondary N) is 1. The molecule has 1 saturated heterocycles. The van der Waals surface area contributed by atoms with Crippen LogP contribution in [-0.4, -0.2) is 37.0 Å². The van der Waals surface area contributed by atoms with Gasteiger partial charge in [-0.3, -0.25) is 4.79 Å². The lowest BCUT2D eigenvalue weighted by Gasteiger charge is -2.35. The maximum atomic E-state index is 11.8. The van der Waals surface area contributed by atoms with Gasteiger partial charge in [-0.25, -0.2) is 0 Å². The van der Waals surface area contributed by atoms with Gasteiger partial charge in [-0.15, -0.1) is 0 Å². The summed E-state index contributed by atoms with van der Waals surface area (Å²) < 4.78 is 12.7. The van der Waals surface area contributed by atoms with E-state index in [2.05, 4.69) is 5.32 Å². The summed E-state index contributed by atoms with van der Waals surface area (Å²) in [6.45, 7) is 2.98. The number of hydrogen-bond acceptors (Lipinski definition) is 3. The van der Waals surface area contributed by atoms with Crippen LogP contribution in [0.3, 0.4) is 0 Å². The van der Waals surface area contributed by atoms with Crippen LogP contribution in [0.4, 0.5) is 0 Å². The maximum Gasteiger partial charge on any atom is 0.267 e. The fourth-order valence-electron chi connectivity index (χ4n) is 2.34. The molecule has 0 aliphatic carbocycles. The van der Waals surface area contributed by atoms with Gasteiger partial charge in [0, 0.05) is 19.3 Å². The van der Waals surface area contributed by atoms with E-state index in [1.165, 1.54) is 0 Å². The summed E-state index contributed by atoms with van der Waals surface area (Å²) in [6.07, 6.45) is 1.93. The number of nitrogens with zero attached hydrogens (tertiary/aromatic N) is 1. The highest BCUT2D eigenvalue weighted by Gasteiger charge is 2.37. The summed E-state index contributed by atoms with van der Waals surface area (Å²) in [5.41, 5.74) is 0.584. The Hall–Kier alpha value is -1.33. The summed E-state index contributed by atoms with van der Waals surface area (Å²) in [6, 6.07) is 3.72. The maximum absolute atomic E-state index is 11.8. The summed E-state index contributed by atoms with van der Waals surface area (Å²) in [5.74, 6) is -0.0209. The van der Waals surface area contributed by atoms with Crippen LogP contribution in [0.5, 0.6) is 0 Å². The topological polar surface area (TPSA) is 52.5 Å². The van der Waals surface area contributed by atoms with Gasteiger partial charge in [0.05, 0.1) is 18.6 Å². The van der Waals surface area contributed by atoms with Crippen molar-refractivity contribution in [2.45, 2.75) is 6.54 Å². The van der Waals surface area contributed by atoms with Crippen LogP contribution < -0.4 is 5.32 Å². The van der Waals surface area contributed by atoms with E-state index < -0.39 is 0 Å². The first-order valence-corrected chi connectivity index (χ1v) is 5.38. The van der Waals surface area contributed by atoms with Crippen LogP contribution in [0.1, 0.15) is 10.5 Å². The lowest BCUT2D eigenvalue weighted by molar-refractivity contribution is -0.166. The van der Waals surface area contributed by atoms with Crippen molar-refractivity contribution in [3.63, 3.8) is 0 Å². The molecule has 1 fully saturated rings. The zero-order valence-corrected chi connectivity index (χ0v) is 8.94. The molecule has 1 aromatic heterocycles. The van der Waals surface area contributed by atoms with Crippen LogP contribution in [-0.2, 0) is 16.0 Å². The number of ether oxygens (including phenoxy) is 2. The molecule has 0 radical (unpaired) electrons. The molecule has 2 aliphatic rings. The van der Waals surface area contributed by atoms with Gasteiger partial charge in [-0.2, -0.15) is 0 Å². The standard InChI is InChI=1S/C11H14N2O3/c14-10-9-2-1-3-13(9)5-11(4-12-10)6-15-8-16-7-11/h1-3H,4-8H2,(H,12,14). The third-order valence-electron chi connectivity index (χ3n) is 3.18. The molecule has 1 aromatic rings. The Morgan fingerprint density at radius 2 is 2.19 bits per heavy atom. The first kappa shape index (κ1) is 9.86. The van der Waals surface area contributed by atoms with Crippen LogP contribution in [0.2, 0.25) is 0 Å². The Labute approximate surface area is 93.3 Å². The Kier molecular flexibility index (Phi) is 2.22. The third-order valence-corrected chi connectivity index (χ3v) is 3.18. The molecule has 16 heavy (non-hydrogen) atoms. The molecule has 2 aliphatic heterocycles. The first-order valence-electron chi connectivity index (χ1n) is 5.38. The highest BCUT2D eigenvalue weighted by atomic mass is 16.7. The molecule has 0 saturated carbocycles. The molecule has 0 bridgehead atoms. The Morgan fingerprint density at radius 1 is 1.38 bits per heavy atom. The molecule has 86 valence electrons. The molecule has 0 atom stereocenters. The zero-order valence-electron chi connectivity index (χ0n) is 8.94. The van der Waals surface area contributed by atoms with Crippen molar-refractivity contribution in [3.8, 4) is 0 Å². The molecule has 1 amide bonds. The van der Waals surface area contributed by atoms with E-state index in [0.29, 0.717) is 32.2 Å². The van der Waals surface area contributed by atoms with E-state index in [9.17, 15) is 4.79 Å². The molecule has 5 nitrogen and oxygen atoms in total. The Bertz CT molecular complexity index is 407. The monoisotopic (exact) mass is 222 g/mol. The Balaban J connectivity index is 1.93. The van der Waals surface area contributed by atoms with Gasteiger partial charge >= 0.3 is 0 Å². The van der Waals surface area contributed by atoms with Crippen molar-refractivity contribution < 1.29 is 14.3 Å². The molecule has 5 heteroatoms. The predicted octanol–water partition coefficient (Wildman–Crippen LogP) is 0.222. The minimum atomic E-state index is -0.127. The largest absolute Gasteiger partial charge is 0.355 e. The van der Waals surface area contributed by atoms with E-state index in [1.807, 2.05) is 22.9 Å². The van der Waals surface area contributed by atoms with Gasteiger partial charge in [0.2, 0.25) is 0 Å². The number of fused-ring (bicyclic) bond motifs is 1. The predicted molar refractivity (Wildman–Crippen MR) is 56.0 cm³/mol. The van der Waals surface area contributed by atoms with Gasteiger partial charge in [-0.05, 0) is 12.1 Å². The van der Waals surface area contributed by atoms with Gasteiger partial charge in [0.25, 0.3) is 5.91 Å². The van der Waals surface area contributed by atoms with Crippen molar-refractivity contribution in [2.24, 2.45) is 5.41 Å². The number of carbonyl (C=O) groups excluding carboxylic acids is 1. The third kappa shape index (κ3) is 1.52. The SMILES string of the molecule is O=C1NCC2(COCOC2)Cn2cccc21. The Morgan fingerprint density at radius 3 is 3.00 bits per heavy atom. The van der Waals surface area contributed by atoms with Crippen molar-refractivity contribution in [1.29, 1.82) is 0 Å². The summed E-state index contributed by atoms with van der Waals surface area (Å²) >= 11 is 0. The normalized spacial score (nSPS) is 23.6. The highest BCUT2D eigenvalue weighted by Crippen LogP contribution is 2.27. The fourth-order valence-corrected chi connectivity index (χ4v) is 2.34. The number of rotatable bonds is 0. The number of carbonyl (C=O) groups is 1. The van der Waals surface area contributed by atoms with Crippen LogP contribution in [0, 0.1) is 5.41 Å². The smallest absolute Gasteiger partial charge is 0.267 e. The lowest BCUT2D eigenvalue weighted by Crippen LogP contribution is -2.46. The second kappa shape index (κ2) is 3.61. The summed E-state index contributed by atoms with van der Waals surface area (Å²) in [5, 5.41) is 2.93. The molecule has 3 heterocycles. The molecule has 0 aromatic carbocycles. The van der Waals surface area contributed by atoms with Gasteiger partial charge < -0.3 is 19.4 Å². The van der Waals surface area contributed by atoms with Gasteiger partial charge in [0.1, 0.15) is 12.5 Å². The van der Waals surface area contributed by atoms with E-state index in [1.54, 1.807) is 0 Å². The van der Waals surface area contributed by atoms with Crippen LogP contribution in [0.15, 0.2) is 18.3 Å². The minimum absolute atomic E-state index is 0.0209. The van der Waals surface area contributed by atoms with Crippen LogP contribution in [0.25, 0.3) is 0 Å². The number of amides is 1. The van der Waals surface area contributed by atoms with E-state index in [-0.39, 0.29) is 11.3 Å². The molecule has 1 N–H and O–H groups in total. The number of hydrogen-bond donors (Lipinski definition) is 1. The van der Waals surface area contributed by atoms with Crippen molar-refractivity contribution in [3.05, 3.63) is 24.0 Å². The minimum Gasteiger partial charge on any atom is -0.355 e. The average molecular weight is 222 g/mol. The zero-order chi connectivity index (χ0) is 11.0. The second-order valence-corrected chi connectivity index (χ2v) is 4.52. The van der Waals surface area contributed by atoms with Crippen molar-refractivity contribution >= 4 is 5.91 Å². The van der Waals surface area contributed by atoms with Crippen molar-refractivity contribution in [1.82, 2.24) is 9.88 Å². The highest BCUT2D eigenvalue weighted by molar-refractivity contribution is 5.93. The summed E-state index contributed by atoms with van der Waals surface area (Å²) in [4.78, 5) is 11.8. The van der Waals surface area contributed by atoms with Gasteiger partial charge in [-0.1, -0.05) is 0 Å². The van der Waals surface area contributed by atoms with Crippen LogP contribution >= 0.6 is 0 Å². The molecular weight excluding hydrogens is 208 g/mol. The van der Waals surface area contributed by atoms with E-state index in [0.717, 1.165) is 6.54 Å². The lowest BCUT2D eigenvalue weighted by atomic mass is 9.89. The molecular formula is C11H14N2O3. The fraction of sp³-hybridized carbons (Fsp3) is 0.545. The second-order valence-electron chi connectivity index (χ2n) is 4.52. The van der Waals surface area contributed by atoms with Crippen molar-refractivity contribution in [2.75, 3.05) is 26.6 Å². The molecule has 1 spiro atoms. The van der Waals surface area contributed by atoms with E-state index >= 15 is 0 Å². The average Bonchev–Trinajstić information content (AvgIpc) is 2.71. The summed E-state index contributed by atoms with van der Waals surface area (Å²) in [7, 11) is 0.